The second kappa shape index (κ2) is 11.8. The standard InChI is InChI=1S/C36H60O7/c1-20(2)10-9-11-21(3)22-12-16-36(8)28(22)23(38)18-26-34(6)15-14-27(33(4,5)25(34)13-17-35(26,36)7)43-32-31(41)30(40)29(39)24(19-37)42-32/h10-11,22-32,37-41H,9,12-19H2,1-8H3/b21-11+/t22-,23+,24-,25+,26+,27-,28+,29-,30-,31-,32-,34+,35-,36-/m1/s1. The Balaban J connectivity index is 1.38. The third-order valence-corrected chi connectivity index (χ3v) is 14.0. The number of aliphatic hydroxyl groups is 5. The van der Waals surface area contributed by atoms with E-state index >= 15 is 0 Å². The lowest BCUT2D eigenvalue weighted by molar-refractivity contribution is -0.331. The molecule has 1 saturated heterocycles. The molecule has 1 heterocycles. The molecule has 1 aliphatic heterocycles. The minimum absolute atomic E-state index is 0.0348. The number of hydrogen-bond acceptors (Lipinski definition) is 7. The Hall–Kier alpha value is -0.800. The van der Waals surface area contributed by atoms with E-state index in [0.29, 0.717) is 17.8 Å². The first kappa shape index (κ1) is 33.6. The zero-order chi connectivity index (χ0) is 31.7. The largest absolute Gasteiger partial charge is 0.394 e. The van der Waals surface area contributed by atoms with E-state index in [1.165, 1.54) is 11.1 Å². The zero-order valence-electron chi connectivity index (χ0n) is 27.9. The second-order valence-electron chi connectivity index (χ2n) is 16.6. The Kier molecular flexibility index (Phi) is 9.19. The molecule has 0 aromatic carbocycles. The van der Waals surface area contributed by atoms with E-state index in [-0.39, 0.29) is 39.8 Å². The van der Waals surface area contributed by atoms with E-state index in [0.717, 1.165) is 51.4 Å². The zero-order valence-corrected chi connectivity index (χ0v) is 27.9. The number of fused-ring (bicyclic) bond motifs is 5. The monoisotopic (exact) mass is 604 g/mol. The van der Waals surface area contributed by atoms with Crippen LogP contribution >= 0.6 is 0 Å². The molecular weight excluding hydrogens is 544 g/mol. The van der Waals surface area contributed by atoms with Crippen LogP contribution in [0, 0.1) is 45.3 Å². The first-order valence-corrected chi connectivity index (χ1v) is 17.0. The van der Waals surface area contributed by atoms with Crippen LogP contribution in [0.4, 0.5) is 0 Å². The van der Waals surface area contributed by atoms with Gasteiger partial charge in [-0.3, -0.25) is 0 Å². The summed E-state index contributed by atoms with van der Waals surface area (Å²) in [4.78, 5) is 0. The Labute approximate surface area is 259 Å². The van der Waals surface area contributed by atoms with Crippen molar-refractivity contribution < 1.29 is 35.0 Å². The molecule has 7 heteroatoms. The third-order valence-electron chi connectivity index (χ3n) is 14.0. The average Bonchev–Trinajstić information content (AvgIpc) is 3.31. The maximum Gasteiger partial charge on any atom is 0.186 e. The van der Waals surface area contributed by atoms with Gasteiger partial charge in [0, 0.05) is 0 Å². The Morgan fingerprint density at radius 3 is 2.14 bits per heavy atom. The second-order valence-corrected chi connectivity index (χ2v) is 16.6. The van der Waals surface area contributed by atoms with Crippen LogP contribution < -0.4 is 0 Å². The topological polar surface area (TPSA) is 120 Å². The highest BCUT2D eigenvalue weighted by Gasteiger charge is 2.70. The maximum atomic E-state index is 12.0. The van der Waals surface area contributed by atoms with Crippen LogP contribution in [0.2, 0.25) is 0 Å². The summed E-state index contributed by atoms with van der Waals surface area (Å²) in [6.07, 6.45) is 5.90. The SMILES string of the molecule is CC(C)=CC/C=C(\C)[C@H]1CC[C@]2(C)[C@@H]1[C@@H](O)C[C@H]1[C@@]3(C)CC[C@@H](O[C@H]4O[C@H](CO)[C@@H](O)[C@@H](O)[C@H]4O)C(C)(C)[C@@H]3CC[C@]12C. The minimum Gasteiger partial charge on any atom is -0.394 e. The number of aliphatic hydroxyl groups excluding tert-OH is 5. The molecule has 5 rings (SSSR count). The molecule has 0 radical (unpaired) electrons. The van der Waals surface area contributed by atoms with Crippen molar-refractivity contribution in [1.29, 1.82) is 0 Å². The Morgan fingerprint density at radius 1 is 0.814 bits per heavy atom. The lowest BCUT2D eigenvalue weighted by Gasteiger charge is -2.70. The van der Waals surface area contributed by atoms with Gasteiger partial charge in [0.15, 0.2) is 6.29 Å². The van der Waals surface area contributed by atoms with Crippen LogP contribution in [-0.2, 0) is 9.47 Å². The van der Waals surface area contributed by atoms with E-state index in [1.807, 2.05) is 0 Å². The molecule has 7 nitrogen and oxygen atoms in total. The van der Waals surface area contributed by atoms with Crippen LogP contribution in [0.1, 0.15) is 107 Å². The molecule has 0 bridgehead atoms. The molecule has 14 atom stereocenters. The van der Waals surface area contributed by atoms with Gasteiger partial charge in [0.1, 0.15) is 24.4 Å². The summed E-state index contributed by atoms with van der Waals surface area (Å²) in [7, 11) is 0. The summed E-state index contributed by atoms with van der Waals surface area (Å²) in [6.45, 7) is 18.2. The lowest BCUT2D eigenvalue weighted by Crippen LogP contribution is -2.67. The fourth-order valence-corrected chi connectivity index (χ4v) is 11.5. The molecule has 5 fully saturated rings. The van der Waals surface area contributed by atoms with Gasteiger partial charge in [-0.1, -0.05) is 57.9 Å². The molecule has 5 aliphatic rings. The molecule has 43 heavy (non-hydrogen) atoms. The first-order valence-electron chi connectivity index (χ1n) is 17.0. The van der Waals surface area contributed by atoms with Crippen molar-refractivity contribution in [2.45, 2.75) is 150 Å². The predicted octanol–water partition coefficient (Wildman–Crippen LogP) is 5.13. The molecule has 4 saturated carbocycles. The van der Waals surface area contributed by atoms with Gasteiger partial charge < -0.3 is 35.0 Å². The smallest absolute Gasteiger partial charge is 0.186 e. The first-order chi connectivity index (χ1) is 20.0. The average molecular weight is 605 g/mol. The fourth-order valence-electron chi connectivity index (χ4n) is 11.5. The summed E-state index contributed by atoms with van der Waals surface area (Å²) in [5.74, 6) is 1.48. The summed E-state index contributed by atoms with van der Waals surface area (Å²) in [5.41, 5.74) is 2.80. The quantitative estimate of drug-likeness (QED) is 0.211. The van der Waals surface area contributed by atoms with Crippen molar-refractivity contribution in [2.75, 3.05) is 6.61 Å². The van der Waals surface area contributed by atoms with Crippen LogP contribution in [0.5, 0.6) is 0 Å². The number of hydrogen-bond donors (Lipinski definition) is 5. The van der Waals surface area contributed by atoms with E-state index in [1.54, 1.807) is 0 Å². The van der Waals surface area contributed by atoms with Gasteiger partial charge in [-0.05, 0) is 117 Å². The van der Waals surface area contributed by atoms with Crippen LogP contribution in [-0.4, -0.2) is 75.1 Å². The highest BCUT2D eigenvalue weighted by molar-refractivity contribution is 5.23. The number of allylic oxidation sites excluding steroid dienone is 4. The molecule has 246 valence electrons. The van der Waals surface area contributed by atoms with Crippen LogP contribution in [0.3, 0.4) is 0 Å². The van der Waals surface area contributed by atoms with E-state index in [4.69, 9.17) is 9.47 Å². The fraction of sp³-hybridized carbons (Fsp3) is 0.889. The van der Waals surface area contributed by atoms with Gasteiger partial charge >= 0.3 is 0 Å². The summed E-state index contributed by atoms with van der Waals surface area (Å²) in [5, 5.41) is 52.9. The Bertz CT molecular complexity index is 1080. The summed E-state index contributed by atoms with van der Waals surface area (Å²) in [6, 6.07) is 0. The van der Waals surface area contributed by atoms with E-state index in [9.17, 15) is 25.5 Å². The van der Waals surface area contributed by atoms with Crippen LogP contribution in [0.15, 0.2) is 23.3 Å². The van der Waals surface area contributed by atoms with Crippen molar-refractivity contribution in [3.05, 3.63) is 23.3 Å². The molecule has 4 aliphatic carbocycles. The van der Waals surface area contributed by atoms with Gasteiger partial charge in [0.05, 0.1) is 18.8 Å². The predicted molar refractivity (Wildman–Crippen MR) is 167 cm³/mol. The molecule has 0 unspecified atom stereocenters. The van der Waals surface area contributed by atoms with Gasteiger partial charge in [0.2, 0.25) is 0 Å². The van der Waals surface area contributed by atoms with Crippen molar-refractivity contribution in [1.82, 2.24) is 0 Å². The van der Waals surface area contributed by atoms with E-state index < -0.39 is 37.3 Å². The highest BCUT2D eigenvalue weighted by Crippen LogP contribution is 2.75. The van der Waals surface area contributed by atoms with Crippen molar-refractivity contribution in [2.24, 2.45) is 45.3 Å². The molecule has 0 aromatic heterocycles. The molecule has 0 aromatic rings. The van der Waals surface area contributed by atoms with Gasteiger partial charge in [0.25, 0.3) is 0 Å². The highest BCUT2D eigenvalue weighted by atomic mass is 16.7. The minimum atomic E-state index is -1.44. The number of rotatable bonds is 6. The third kappa shape index (κ3) is 5.21. The molecule has 0 spiro atoms. The molecule has 0 amide bonds. The lowest BCUT2D eigenvalue weighted by atomic mass is 9.35. The van der Waals surface area contributed by atoms with Crippen molar-refractivity contribution in [3.8, 4) is 0 Å². The molecule has 5 N–H and O–H groups in total. The Morgan fingerprint density at radius 2 is 1.49 bits per heavy atom. The van der Waals surface area contributed by atoms with Crippen LogP contribution in [0.25, 0.3) is 0 Å². The van der Waals surface area contributed by atoms with Crippen molar-refractivity contribution in [3.63, 3.8) is 0 Å². The maximum absolute atomic E-state index is 12.0. The van der Waals surface area contributed by atoms with Crippen molar-refractivity contribution >= 4 is 0 Å². The summed E-state index contributed by atoms with van der Waals surface area (Å²) < 4.78 is 12.2. The van der Waals surface area contributed by atoms with Gasteiger partial charge in [-0.2, -0.15) is 0 Å². The molecular formula is C36H60O7. The van der Waals surface area contributed by atoms with E-state index in [2.05, 4.69) is 67.5 Å². The normalized spacial score (nSPS) is 51.3. The summed E-state index contributed by atoms with van der Waals surface area (Å²) >= 11 is 0. The van der Waals surface area contributed by atoms with Gasteiger partial charge in [-0.25, -0.2) is 0 Å². The number of ether oxygens (including phenoxy) is 2. The van der Waals surface area contributed by atoms with Gasteiger partial charge in [-0.15, -0.1) is 0 Å².